The molecule has 0 aliphatic heterocycles. The second-order valence-electron chi connectivity index (χ2n) is 4.01. The molecule has 0 aromatic carbocycles. The van der Waals surface area contributed by atoms with Gasteiger partial charge in [-0.3, -0.25) is 4.79 Å². The van der Waals surface area contributed by atoms with Crippen molar-refractivity contribution < 1.29 is 29.6 Å². The molecule has 0 saturated heterocycles. The van der Waals surface area contributed by atoms with Gasteiger partial charge >= 0.3 is 5.97 Å². The Labute approximate surface area is 104 Å². The molecule has 0 saturated carbocycles. The summed E-state index contributed by atoms with van der Waals surface area (Å²) in [5.41, 5.74) is -0.210. The van der Waals surface area contributed by atoms with E-state index >= 15 is 0 Å². The van der Waals surface area contributed by atoms with E-state index in [1.54, 1.807) is 6.92 Å². The van der Waals surface area contributed by atoms with E-state index in [1.165, 1.54) is 6.92 Å². The third-order valence-electron chi connectivity index (χ3n) is 2.67. The molecule has 0 fully saturated rings. The molecule has 0 radical (unpaired) electrons. The molecule has 102 valence electrons. The van der Waals surface area contributed by atoms with Crippen molar-refractivity contribution in [3.8, 4) is 0 Å². The smallest absolute Gasteiger partial charge is 0.334 e. The average molecular weight is 259 g/mol. The van der Waals surface area contributed by atoms with Gasteiger partial charge in [-0.15, -0.1) is 0 Å². The van der Waals surface area contributed by atoms with Crippen molar-refractivity contribution in [1.82, 2.24) is 5.32 Å². The van der Waals surface area contributed by atoms with Crippen molar-refractivity contribution in [1.29, 1.82) is 0 Å². The monoisotopic (exact) mass is 259 g/mol. The number of carbonyl (C=O) groups is 2. The number of carboxylic acid groups (broad SMARTS) is 1. The molecule has 0 aromatic rings. The minimum atomic E-state index is -1.32. The summed E-state index contributed by atoms with van der Waals surface area (Å²) in [5, 5.41) is 31.1. The summed E-state index contributed by atoms with van der Waals surface area (Å²) in [4.78, 5) is 22.0. The Hall–Kier alpha value is -1.44. The fourth-order valence-electron chi connectivity index (χ4n) is 1.92. The largest absolute Gasteiger partial charge is 0.478 e. The van der Waals surface area contributed by atoms with Crippen LogP contribution in [0, 0.1) is 0 Å². The maximum absolute atomic E-state index is 11.0. The zero-order valence-electron chi connectivity index (χ0n) is 10.2. The maximum Gasteiger partial charge on any atom is 0.334 e. The molecule has 18 heavy (non-hydrogen) atoms. The van der Waals surface area contributed by atoms with Crippen LogP contribution in [0.4, 0.5) is 0 Å². The standard InChI is InChI=1S/C11H17NO6/c1-3-18-10-6(11(16)17)4-7(14)8(9(10)15)12-5(2)13/h4,7-10,14-15H,3H2,1-2H3,(H,12,13)(H,16,17)/t7-,8+,9+,10?/m1/s1. The number of ether oxygens (including phenoxy) is 1. The molecule has 4 atom stereocenters. The Morgan fingerprint density at radius 2 is 2.06 bits per heavy atom. The first-order valence-electron chi connectivity index (χ1n) is 5.58. The maximum atomic E-state index is 11.0. The van der Waals surface area contributed by atoms with Gasteiger partial charge in [-0.05, 0) is 13.0 Å². The lowest BCUT2D eigenvalue weighted by Gasteiger charge is -2.36. The number of hydrogen-bond acceptors (Lipinski definition) is 5. The first-order valence-corrected chi connectivity index (χ1v) is 5.58. The quantitative estimate of drug-likeness (QED) is 0.495. The molecule has 7 nitrogen and oxygen atoms in total. The van der Waals surface area contributed by atoms with E-state index in [1.807, 2.05) is 0 Å². The molecule has 0 aromatic heterocycles. The molecule has 7 heteroatoms. The summed E-state index contributed by atoms with van der Waals surface area (Å²) in [6, 6.07) is -0.984. The number of rotatable bonds is 4. The van der Waals surface area contributed by atoms with Gasteiger partial charge < -0.3 is 25.4 Å². The highest BCUT2D eigenvalue weighted by atomic mass is 16.5. The zero-order chi connectivity index (χ0) is 13.9. The van der Waals surface area contributed by atoms with E-state index in [0.29, 0.717) is 0 Å². The number of nitrogens with one attached hydrogen (secondary N) is 1. The van der Waals surface area contributed by atoms with Crippen LogP contribution >= 0.6 is 0 Å². The van der Waals surface area contributed by atoms with Crippen molar-refractivity contribution in [3.63, 3.8) is 0 Å². The molecule has 0 spiro atoms. The number of carboxylic acids is 1. The highest BCUT2D eigenvalue weighted by molar-refractivity contribution is 5.88. The summed E-state index contributed by atoms with van der Waals surface area (Å²) in [5.74, 6) is -1.70. The van der Waals surface area contributed by atoms with E-state index in [9.17, 15) is 19.8 Å². The third-order valence-corrected chi connectivity index (χ3v) is 2.67. The van der Waals surface area contributed by atoms with E-state index in [-0.39, 0.29) is 12.2 Å². The fourth-order valence-corrected chi connectivity index (χ4v) is 1.92. The topological polar surface area (TPSA) is 116 Å². The summed E-state index contributed by atoms with van der Waals surface area (Å²) in [6.45, 7) is 3.10. The van der Waals surface area contributed by atoms with Crippen LogP contribution in [-0.4, -0.2) is 58.2 Å². The molecule has 1 amide bonds. The van der Waals surface area contributed by atoms with E-state index < -0.39 is 36.2 Å². The van der Waals surface area contributed by atoms with Crippen LogP contribution in [0.25, 0.3) is 0 Å². The van der Waals surface area contributed by atoms with Crippen LogP contribution in [0.15, 0.2) is 11.6 Å². The Kier molecular flexibility index (Phi) is 4.83. The third kappa shape index (κ3) is 3.06. The predicted molar refractivity (Wildman–Crippen MR) is 60.8 cm³/mol. The van der Waals surface area contributed by atoms with Gasteiger partial charge in [0.05, 0.1) is 17.7 Å². The lowest BCUT2D eigenvalue weighted by atomic mass is 9.87. The van der Waals surface area contributed by atoms with E-state index in [4.69, 9.17) is 9.84 Å². The highest BCUT2D eigenvalue weighted by Crippen LogP contribution is 2.23. The molecule has 1 rings (SSSR count). The average Bonchev–Trinajstić information content (AvgIpc) is 2.27. The molecule has 1 aliphatic rings. The Morgan fingerprint density at radius 3 is 2.50 bits per heavy atom. The number of hydrogen-bond donors (Lipinski definition) is 4. The number of amides is 1. The van der Waals surface area contributed by atoms with Crippen LogP contribution in [0.5, 0.6) is 0 Å². The Balaban J connectivity index is 3.02. The minimum absolute atomic E-state index is 0.204. The molecule has 1 aliphatic carbocycles. The van der Waals surface area contributed by atoms with Gasteiger partial charge in [-0.1, -0.05) is 0 Å². The highest BCUT2D eigenvalue weighted by Gasteiger charge is 2.41. The first kappa shape index (κ1) is 14.6. The summed E-state index contributed by atoms with van der Waals surface area (Å²) < 4.78 is 5.17. The van der Waals surface area contributed by atoms with Crippen molar-refractivity contribution in [3.05, 3.63) is 11.6 Å². The lowest BCUT2D eigenvalue weighted by molar-refractivity contribution is -0.137. The van der Waals surface area contributed by atoms with Gasteiger partial charge in [0, 0.05) is 13.5 Å². The van der Waals surface area contributed by atoms with Crippen LogP contribution in [0.1, 0.15) is 13.8 Å². The molecule has 0 heterocycles. The number of aliphatic hydroxyl groups is 2. The zero-order valence-corrected chi connectivity index (χ0v) is 10.2. The van der Waals surface area contributed by atoms with Crippen LogP contribution in [-0.2, 0) is 14.3 Å². The van der Waals surface area contributed by atoms with Crippen molar-refractivity contribution in [2.24, 2.45) is 0 Å². The van der Waals surface area contributed by atoms with Crippen LogP contribution < -0.4 is 5.32 Å². The van der Waals surface area contributed by atoms with Crippen LogP contribution in [0.2, 0.25) is 0 Å². The van der Waals surface area contributed by atoms with Gasteiger partial charge in [0.25, 0.3) is 0 Å². The van der Waals surface area contributed by atoms with E-state index in [0.717, 1.165) is 6.08 Å². The number of carbonyl (C=O) groups excluding carboxylic acids is 1. The van der Waals surface area contributed by atoms with Crippen molar-refractivity contribution in [2.75, 3.05) is 6.61 Å². The van der Waals surface area contributed by atoms with Crippen molar-refractivity contribution in [2.45, 2.75) is 38.2 Å². The molecule has 0 bridgehead atoms. The van der Waals surface area contributed by atoms with Gasteiger partial charge in [-0.25, -0.2) is 4.79 Å². The number of aliphatic carboxylic acids is 1. The normalized spacial score (nSPS) is 31.7. The Bertz CT molecular complexity index is 367. The second-order valence-corrected chi connectivity index (χ2v) is 4.01. The van der Waals surface area contributed by atoms with Gasteiger partial charge in [-0.2, -0.15) is 0 Å². The first-order chi connectivity index (χ1) is 8.38. The second kappa shape index (κ2) is 5.94. The minimum Gasteiger partial charge on any atom is -0.478 e. The van der Waals surface area contributed by atoms with Crippen molar-refractivity contribution >= 4 is 11.9 Å². The van der Waals surface area contributed by atoms with Gasteiger partial charge in [0.15, 0.2) is 0 Å². The number of aliphatic hydroxyl groups excluding tert-OH is 2. The lowest BCUT2D eigenvalue weighted by Crippen LogP contribution is -2.58. The fraction of sp³-hybridized carbons (Fsp3) is 0.636. The van der Waals surface area contributed by atoms with Gasteiger partial charge in [0.2, 0.25) is 5.91 Å². The summed E-state index contributed by atoms with van der Waals surface area (Å²) >= 11 is 0. The summed E-state index contributed by atoms with van der Waals surface area (Å²) in [7, 11) is 0. The van der Waals surface area contributed by atoms with Crippen LogP contribution in [0.3, 0.4) is 0 Å². The van der Waals surface area contributed by atoms with E-state index in [2.05, 4.69) is 5.32 Å². The Morgan fingerprint density at radius 1 is 1.44 bits per heavy atom. The molecule has 4 N–H and O–H groups in total. The molecular formula is C11H17NO6. The summed E-state index contributed by atoms with van der Waals surface area (Å²) in [6.07, 6.45) is -2.59. The molecule has 1 unspecified atom stereocenters. The SMILES string of the molecule is CCOC1C(C(=O)O)=C[C@@H](O)[C@H](NC(C)=O)[C@@H]1O. The predicted octanol–water partition coefficient (Wildman–Crippen LogP) is -1.36. The molecular weight excluding hydrogens is 242 g/mol. The van der Waals surface area contributed by atoms with Gasteiger partial charge in [0.1, 0.15) is 12.2 Å².